The van der Waals surface area contributed by atoms with Crippen molar-refractivity contribution in [2.45, 2.75) is 50.9 Å². The van der Waals surface area contributed by atoms with Gasteiger partial charge in [-0.1, -0.05) is 54.2 Å². The number of fused-ring (bicyclic) bond motifs is 1. The molecule has 202 valence electrons. The van der Waals surface area contributed by atoms with Gasteiger partial charge in [-0.2, -0.15) is 0 Å². The van der Waals surface area contributed by atoms with E-state index in [4.69, 9.17) is 9.47 Å². The maximum Gasteiger partial charge on any atom is 0.247 e. The molecule has 1 aromatic heterocycles. The number of aromatic nitrogens is 2. The molecule has 3 aromatic rings. The molecular formula is C30H32N4O4S. The number of aryl methyl sites for hydroxylation is 2. The Kier molecular flexibility index (Phi) is 8.46. The second kappa shape index (κ2) is 12.3. The first-order chi connectivity index (χ1) is 19.0. The number of amides is 2. The van der Waals surface area contributed by atoms with Crippen LogP contribution in [0.2, 0.25) is 0 Å². The predicted molar refractivity (Wildman–Crippen MR) is 151 cm³/mol. The van der Waals surface area contributed by atoms with Crippen molar-refractivity contribution in [1.82, 2.24) is 14.9 Å². The van der Waals surface area contributed by atoms with Crippen molar-refractivity contribution in [1.29, 1.82) is 0 Å². The SMILES string of the molecule is Cc1cc(C)nc(SCC(=O)N(Cc2ccccc2)C(C(=O)Nc2ccc3c(c2)OCO3)C2CC=CCC2)n1. The van der Waals surface area contributed by atoms with E-state index in [1.54, 1.807) is 23.1 Å². The average Bonchev–Trinajstić information content (AvgIpc) is 3.40. The highest BCUT2D eigenvalue weighted by molar-refractivity contribution is 7.99. The van der Waals surface area contributed by atoms with Crippen LogP contribution in [0.25, 0.3) is 0 Å². The third kappa shape index (κ3) is 6.78. The lowest BCUT2D eigenvalue weighted by atomic mass is 9.86. The van der Waals surface area contributed by atoms with E-state index in [-0.39, 0.29) is 30.3 Å². The minimum absolute atomic E-state index is 0.0147. The van der Waals surface area contributed by atoms with Gasteiger partial charge in [-0.3, -0.25) is 9.59 Å². The van der Waals surface area contributed by atoms with Gasteiger partial charge in [0.2, 0.25) is 18.6 Å². The zero-order valence-electron chi connectivity index (χ0n) is 22.1. The van der Waals surface area contributed by atoms with Crippen LogP contribution in [0, 0.1) is 19.8 Å². The Morgan fingerprint density at radius 3 is 2.54 bits per heavy atom. The van der Waals surface area contributed by atoms with E-state index in [1.165, 1.54) is 11.8 Å². The molecule has 39 heavy (non-hydrogen) atoms. The Hall–Kier alpha value is -3.85. The molecular weight excluding hydrogens is 512 g/mol. The van der Waals surface area contributed by atoms with Crippen molar-refractivity contribution < 1.29 is 19.1 Å². The first kappa shape index (κ1) is 26.7. The fourth-order valence-electron chi connectivity index (χ4n) is 4.99. The number of nitrogens with one attached hydrogen (secondary N) is 1. The molecule has 2 aliphatic rings. The minimum atomic E-state index is -0.658. The average molecular weight is 545 g/mol. The number of carbonyl (C=O) groups excluding carboxylic acids is 2. The number of carbonyl (C=O) groups is 2. The summed E-state index contributed by atoms with van der Waals surface area (Å²) in [5.74, 6) is 1.00. The number of hydrogen-bond donors (Lipinski definition) is 1. The molecule has 2 aromatic carbocycles. The highest BCUT2D eigenvalue weighted by atomic mass is 32.2. The lowest BCUT2D eigenvalue weighted by molar-refractivity contribution is -0.139. The summed E-state index contributed by atoms with van der Waals surface area (Å²) in [6.45, 7) is 4.31. The fraction of sp³-hybridized carbons (Fsp3) is 0.333. The molecule has 0 spiro atoms. The van der Waals surface area contributed by atoms with E-state index in [2.05, 4.69) is 27.4 Å². The van der Waals surface area contributed by atoms with Crippen molar-refractivity contribution >= 4 is 29.3 Å². The topological polar surface area (TPSA) is 93.7 Å². The van der Waals surface area contributed by atoms with Crippen LogP contribution in [0.1, 0.15) is 36.2 Å². The maximum atomic E-state index is 14.0. The zero-order valence-corrected chi connectivity index (χ0v) is 22.9. The van der Waals surface area contributed by atoms with Gasteiger partial charge in [-0.25, -0.2) is 9.97 Å². The number of ether oxygens (including phenoxy) is 2. The normalized spacial score (nSPS) is 16.5. The number of benzene rings is 2. The third-order valence-electron chi connectivity index (χ3n) is 6.80. The summed E-state index contributed by atoms with van der Waals surface area (Å²) in [4.78, 5) is 38.6. The van der Waals surface area contributed by atoms with Gasteiger partial charge in [0.1, 0.15) is 6.04 Å². The summed E-state index contributed by atoms with van der Waals surface area (Å²) in [6.07, 6.45) is 6.67. The van der Waals surface area contributed by atoms with Gasteiger partial charge in [0, 0.05) is 29.7 Å². The number of anilines is 1. The summed E-state index contributed by atoms with van der Waals surface area (Å²) in [6, 6.07) is 16.4. The van der Waals surface area contributed by atoms with Crippen molar-refractivity contribution in [3.63, 3.8) is 0 Å². The van der Waals surface area contributed by atoms with E-state index >= 15 is 0 Å². The summed E-state index contributed by atoms with van der Waals surface area (Å²) < 4.78 is 10.9. The fourth-order valence-corrected chi connectivity index (χ4v) is 5.83. The van der Waals surface area contributed by atoms with E-state index in [1.807, 2.05) is 50.2 Å². The highest BCUT2D eigenvalue weighted by Gasteiger charge is 2.36. The van der Waals surface area contributed by atoms with Crippen LogP contribution >= 0.6 is 11.8 Å². The van der Waals surface area contributed by atoms with Crippen LogP contribution in [0.4, 0.5) is 5.69 Å². The van der Waals surface area contributed by atoms with E-state index in [0.29, 0.717) is 28.9 Å². The number of allylic oxidation sites excluding steroid dienone is 2. The Labute approximate surface area is 232 Å². The Bertz CT molecular complexity index is 1340. The lowest BCUT2D eigenvalue weighted by Crippen LogP contribution is -2.51. The molecule has 5 rings (SSSR count). The lowest BCUT2D eigenvalue weighted by Gasteiger charge is -2.37. The minimum Gasteiger partial charge on any atom is -0.454 e. The number of nitrogens with zero attached hydrogens (tertiary/aromatic N) is 3. The predicted octanol–water partition coefficient (Wildman–Crippen LogP) is 5.31. The van der Waals surface area contributed by atoms with Crippen LogP contribution in [-0.4, -0.2) is 45.3 Å². The van der Waals surface area contributed by atoms with Gasteiger partial charge in [-0.15, -0.1) is 0 Å². The van der Waals surface area contributed by atoms with Crippen LogP contribution in [-0.2, 0) is 16.1 Å². The molecule has 2 amide bonds. The monoisotopic (exact) mass is 544 g/mol. The zero-order chi connectivity index (χ0) is 27.2. The maximum absolute atomic E-state index is 14.0. The summed E-state index contributed by atoms with van der Waals surface area (Å²) >= 11 is 1.30. The highest BCUT2D eigenvalue weighted by Crippen LogP contribution is 2.35. The van der Waals surface area contributed by atoms with E-state index in [9.17, 15) is 9.59 Å². The first-order valence-electron chi connectivity index (χ1n) is 13.1. The Balaban J connectivity index is 1.43. The first-order valence-corrected chi connectivity index (χ1v) is 14.1. The molecule has 8 nitrogen and oxygen atoms in total. The van der Waals surface area contributed by atoms with Crippen molar-refractivity contribution in [3.8, 4) is 11.5 Å². The molecule has 2 atom stereocenters. The molecule has 1 aliphatic carbocycles. The Morgan fingerprint density at radius 2 is 1.79 bits per heavy atom. The Morgan fingerprint density at radius 1 is 1.03 bits per heavy atom. The van der Waals surface area contributed by atoms with Gasteiger partial charge >= 0.3 is 0 Å². The standard InChI is InChI=1S/C30H32N4O4S/c1-20-15-21(2)32-30(31-20)39-18-27(35)34(17-22-9-5-3-6-10-22)28(23-11-7-4-8-12-23)29(36)33-24-13-14-25-26(16-24)38-19-37-25/h3-7,9-10,13-16,23,28H,8,11-12,17-19H2,1-2H3,(H,33,36). The van der Waals surface area contributed by atoms with Crippen LogP contribution in [0.5, 0.6) is 11.5 Å². The second-order valence-electron chi connectivity index (χ2n) is 9.78. The number of thioether (sulfide) groups is 1. The molecule has 2 unspecified atom stereocenters. The van der Waals surface area contributed by atoms with Gasteiger partial charge in [0.15, 0.2) is 16.7 Å². The quantitative estimate of drug-likeness (QED) is 0.222. The molecule has 0 bridgehead atoms. The molecule has 1 N–H and O–H groups in total. The van der Waals surface area contributed by atoms with Crippen molar-refractivity contribution in [2.75, 3.05) is 17.9 Å². The summed E-state index contributed by atoms with van der Waals surface area (Å²) in [5.41, 5.74) is 3.28. The summed E-state index contributed by atoms with van der Waals surface area (Å²) in [7, 11) is 0. The van der Waals surface area contributed by atoms with Gasteiger partial charge < -0.3 is 19.7 Å². The molecule has 0 saturated carbocycles. The second-order valence-corrected chi connectivity index (χ2v) is 10.7. The number of rotatable bonds is 9. The van der Waals surface area contributed by atoms with E-state index in [0.717, 1.165) is 36.2 Å². The van der Waals surface area contributed by atoms with Crippen molar-refractivity contribution in [2.24, 2.45) is 5.92 Å². The largest absolute Gasteiger partial charge is 0.454 e. The van der Waals surface area contributed by atoms with Crippen LogP contribution < -0.4 is 14.8 Å². The molecule has 0 fully saturated rings. The molecule has 1 aliphatic heterocycles. The van der Waals surface area contributed by atoms with Gasteiger partial charge in [-0.05, 0) is 62.8 Å². The van der Waals surface area contributed by atoms with Crippen LogP contribution in [0.15, 0.2) is 71.9 Å². The molecule has 2 heterocycles. The summed E-state index contributed by atoms with van der Waals surface area (Å²) in [5, 5.41) is 3.61. The molecule has 0 saturated heterocycles. The number of hydrogen-bond acceptors (Lipinski definition) is 7. The third-order valence-corrected chi connectivity index (χ3v) is 7.64. The van der Waals surface area contributed by atoms with Crippen LogP contribution in [0.3, 0.4) is 0 Å². The smallest absolute Gasteiger partial charge is 0.247 e. The van der Waals surface area contributed by atoms with Crippen molar-refractivity contribution in [3.05, 3.63) is 83.7 Å². The van der Waals surface area contributed by atoms with Gasteiger partial charge in [0.25, 0.3) is 0 Å². The molecule has 0 radical (unpaired) electrons. The molecule has 9 heteroatoms. The van der Waals surface area contributed by atoms with Gasteiger partial charge in [0.05, 0.1) is 5.75 Å². The van der Waals surface area contributed by atoms with E-state index < -0.39 is 6.04 Å².